The third-order valence-electron chi connectivity index (χ3n) is 5.44. The number of aromatic hydroxyl groups is 1. The van der Waals surface area contributed by atoms with E-state index in [0.29, 0.717) is 18.3 Å². The van der Waals surface area contributed by atoms with E-state index < -0.39 is 0 Å². The van der Waals surface area contributed by atoms with Crippen molar-refractivity contribution in [3.05, 3.63) is 59.7 Å². The van der Waals surface area contributed by atoms with Gasteiger partial charge in [0.05, 0.1) is 7.11 Å². The summed E-state index contributed by atoms with van der Waals surface area (Å²) < 4.78 is 5.18. The second kappa shape index (κ2) is 13.4. The molecule has 3 N–H and O–H groups in total. The SMILES string of the molecule is CCNC(=NCCc1ccc(O)c(OC)c1)NC1CCN(Cc2ccccc2)CC1.I. The number of nitrogens with zero attached hydrogens (tertiary/aromatic N) is 2. The molecule has 0 radical (unpaired) electrons. The Bertz CT molecular complexity index is 808. The van der Waals surface area contributed by atoms with Gasteiger partial charge < -0.3 is 20.5 Å². The molecular weight excluding hydrogens is 503 g/mol. The number of rotatable bonds is 8. The first-order chi connectivity index (χ1) is 14.7. The Balaban J connectivity index is 0.00000341. The second-order valence-electron chi connectivity index (χ2n) is 7.70. The van der Waals surface area contributed by atoms with Crippen molar-refractivity contribution in [1.82, 2.24) is 15.5 Å². The van der Waals surface area contributed by atoms with Crippen LogP contribution in [0.3, 0.4) is 0 Å². The molecule has 1 heterocycles. The summed E-state index contributed by atoms with van der Waals surface area (Å²) in [6.45, 7) is 6.82. The van der Waals surface area contributed by atoms with Crippen molar-refractivity contribution >= 4 is 29.9 Å². The maximum Gasteiger partial charge on any atom is 0.191 e. The molecule has 3 rings (SSSR count). The molecule has 0 atom stereocenters. The van der Waals surface area contributed by atoms with Crippen molar-refractivity contribution in [3.63, 3.8) is 0 Å². The number of benzene rings is 2. The van der Waals surface area contributed by atoms with Crippen molar-refractivity contribution in [3.8, 4) is 11.5 Å². The molecule has 6 nitrogen and oxygen atoms in total. The molecular formula is C24H35IN4O2. The van der Waals surface area contributed by atoms with Crippen LogP contribution >= 0.6 is 24.0 Å². The highest BCUT2D eigenvalue weighted by Gasteiger charge is 2.20. The van der Waals surface area contributed by atoms with E-state index >= 15 is 0 Å². The lowest BCUT2D eigenvalue weighted by molar-refractivity contribution is 0.198. The van der Waals surface area contributed by atoms with E-state index in [1.54, 1.807) is 13.2 Å². The van der Waals surface area contributed by atoms with Gasteiger partial charge in [0.15, 0.2) is 17.5 Å². The van der Waals surface area contributed by atoms with Crippen molar-refractivity contribution in [2.45, 2.75) is 38.8 Å². The smallest absolute Gasteiger partial charge is 0.191 e. The van der Waals surface area contributed by atoms with Gasteiger partial charge in [-0.2, -0.15) is 0 Å². The summed E-state index contributed by atoms with van der Waals surface area (Å²) >= 11 is 0. The minimum absolute atomic E-state index is 0. The number of piperidine rings is 1. The second-order valence-corrected chi connectivity index (χ2v) is 7.70. The van der Waals surface area contributed by atoms with Gasteiger partial charge in [-0.15, -0.1) is 24.0 Å². The van der Waals surface area contributed by atoms with E-state index in [9.17, 15) is 5.11 Å². The number of ether oxygens (including phenoxy) is 1. The van der Waals surface area contributed by atoms with E-state index in [0.717, 1.165) is 57.0 Å². The normalized spacial score (nSPS) is 15.2. The van der Waals surface area contributed by atoms with E-state index in [2.05, 4.69) is 52.8 Å². The Morgan fingerprint density at radius 1 is 1.13 bits per heavy atom. The van der Waals surface area contributed by atoms with E-state index in [1.807, 2.05) is 12.1 Å². The molecule has 0 aromatic heterocycles. The molecule has 1 saturated heterocycles. The zero-order valence-corrected chi connectivity index (χ0v) is 20.8. The van der Waals surface area contributed by atoms with Crippen LogP contribution in [0.2, 0.25) is 0 Å². The summed E-state index contributed by atoms with van der Waals surface area (Å²) in [5.41, 5.74) is 2.48. The van der Waals surface area contributed by atoms with Crippen LogP contribution in [-0.4, -0.2) is 55.3 Å². The van der Waals surface area contributed by atoms with Gasteiger partial charge in [0.2, 0.25) is 0 Å². The minimum Gasteiger partial charge on any atom is -0.504 e. The number of hydrogen-bond donors (Lipinski definition) is 3. The first-order valence-electron chi connectivity index (χ1n) is 10.8. The first-order valence-corrected chi connectivity index (χ1v) is 10.8. The van der Waals surface area contributed by atoms with Gasteiger partial charge in [0.1, 0.15) is 0 Å². The quantitative estimate of drug-likeness (QED) is 0.271. The Labute approximate surface area is 203 Å². The Morgan fingerprint density at radius 2 is 1.87 bits per heavy atom. The number of methoxy groups -OCH3 is 1. The molecule has 2 aromatic rings. The first kappa shape index (κ1) is 25.3. The summed E-state index contributed by atoms with van der Waals surface area (Å²) in [7, 11) is 1.56. The fraction of sp³-hybridized carbons (Fsp3) is 0.458. The van der Waals surface area contributed by atoms with Crippen molar-refractivity contribution < 1.29 is 9.84 Å². The molecule has 170 valence electrons. The molecule has 1 aliphatic heterocycles. The molecule has 0 amide bonds. The van der Waals surface area contributed by atoms with Gasteiger partial charge in [-0.1, -0.05) is 36.4 Å². The zero-order valence-electron chi connectivity index (χ0n) is 18.5. The van der Waals surface area contributed by atoms with E-state index in [1.165, 1.54) is 5.56 Å². The van der Waals surface area contributed by atoms with Crippen molar-refractivity contribution in [2.75, 3.05) is 33.3 Å². The Kier molecular flexibility index (Phi) is 10.9. The Hall–Kier alpha value is -2.00. The zero-order chi connectivity index (χ0) is 21.2. The van der Waals surface area contributed by atoms with Crippen LogP contribution in [0.1, 0.15) is 30.9 Å². The number of aliphatic imine (C=N–C) groups is 1. The Morgan fingerprint density at radius 3 is 2.55 bits per heavy atom. The third-order valence-corrected chi connectivity index (χ3v) is 5.44. The van der Waals surface area contributed by atoms with Crippen LogP contribution in [0.15, 0.2) is 53.5 Å². The average Bonchev–Trinajstić information content (AvgIpc) is 2.77. The number of nitrogens with one attached hydrogen (secondary N) is 2. The standard InChI is InChI=1S/C24H34N4O2.HI/c1-3-25-24(26-14-11-19-9-10-22(29)23(17-19)30-2)27-21-12-15-28(16-13-21)18-20-7-5-4-6-8-20;/h4-10,17,21,29H,3,11-16,18H2,1-2H3,(H2,25,26,27);1H. The maximum atomic E-state index is 9.73. The molecule has 0 unspecified atom stereocenters. The molecule has 0 bridgehead atoms. The topological polar surface area (TPSA) is 69.1 Å². The van der Waals surface area contributed by atoms with Crippen LogP contribution in [0.5, 0.6) is 11.5 Å². The highest BCUT2D eigenvalue weighted by Crippen LogP contribution is 2.26. The van der Waals surface area contributed by atoms with Gasteiger partial charge in [0, 0.05) is 38.8 Å². The maximum absolute atomic E-state index is 9.73. The molecule has 7 heteroatoms. The van der Waals surface area contributed by atoms with Gasteiger partial charge >= 0.3 is 0 Å². The number of phenols is 1. The van der Waals surface area contributed by atoms with Crippen LogP contribution in [-0.2, 0) is 13.0 Å². The van der Waals surface area contributed by atoms with Crippen LogP contribution in [0.25, 0.3) is 0 Å². The predicted octanol–water partition coefficient (Wildman–Crippen LogP) is 3.78. The van der Waals surface area contributed by atoms with Crippen molar-refractivity contribution in [1.29, 1.82) is 0 Å². The lowest BCUT2D eigenvalue weighted by Gasteiger charge is -2.33. The molecule has 0 aliphatic carbocycles. The largest absolute Gasteiger partial charge is 0.504 e. The molecule has 1 aliphatic rings. The summed E-state index contributed by atoms with van der Waals surface area (Å²) in [6, 6.07) is 16.6. The fourth-order valence-electron chi connectivity index (χ4n) is 3.76. The van der Waals surface area contributed by atoms with Gasteiger partial charge in [-0.3, -0.25) is 9.89 Å². The average molecular weight is 538 g/mol. The molecule has 2 aromatic carbocycles. The van der Waals surface area contributed by atoms with Crippen LogP contribution < -0.4 is 15.4 Å². The lowest BCUT2D eigenvalue weighted by atomic mass is 10.0. The highest BCUT2D eigenvalue weighted by atomic mass is 127. The van der Waals surface area contributed by atoms with Gasteiger partial charge in [-0.05, 0) is 49.4 Å². The van der Waals surface area contributed by atoms with Crippen LogP contribution in [0.4, 0.5) is 0 Å². The lowest BCUT2D eigenvalue weighted by Crippen LogP contribution is -2.48. The minimum atomic E-state index is 0. The van der Waals surface area contributed by atoms with E-state index in [4.69, 9.17) is 9.73 Å². The van der Waals surface area contributed by atoms with Crippen LogP contribution in [0, 0.1) is 0 Å². The highest BCUT2D eigenvalue weighted by molar-refractivity contribution is 14.0. The number of halogens is 1. The summed E-state index contributed by atoms with van der Waals surface area (Å²) in [5, 5.41) is 16.7. The third kappa shape index (κ3) is 8.22. The molecule has 0 spiro atoms. The van der Waals surface area contributed by atoms with Gasteiger partial charge in [-0.25, -0.2) is 0 Å². The molecule has 0 saturated carbocycles. The predicted molar refractivity (Wildman–Crippen MR) is 138 cm³/mol. The molecule has 31 heavy (non-hydrogen) atoms. The molecule has 1 fully saturated rings. The monoisotopic (exact) mass is 538 g/mol. The van der Waals surface area contributed by atoms with Gasteiger partial charge in [0.25, 0.3) is 0 Å². The van der Waals surface area contributed by atoms with Crippen molar-refractivity contribution in [2.24, 2.45) is 4.99 Å². The fourth-order valence-corrected chi connectivity index (χ4v) is 3.76. The number of likely N-dealkylation sites (tertiary alicyclic amines) is 1. The number of guanidine groups is 1. The number of hydrogen-bond acceptors (Lipinski definition) is 4. The van der Waals surface area contributed by atoms with E-state index in [-0.39, 0.29) is 29.7 Å². The summed E-state index contributed by atoms with van der Waals surface area (Å²) in [4.78, 5) is 7.27. The number of phenolic OH excluding ortho intramolecular Hbond substituents is 1. The summed E-state index contributed by atoms with van der Waals surface area (Å²) in [5.74, 6) is 1.55. The summed E-state index contributed by atoms with van der Waals surface area (Å²) in [6.07, 6.45) is 3.03.